The van der Waals surface area contributed by atoms with Crippen LogP contribution in [-0.2, 0) is 9.59 Å². The average Bonchev–Trinajstić information content (AvgIpc) is 3.01. The molecule has 0 aromatic carbocycles. The second-order valence-electron chi connectivity index (χ2n) is 6.55. The molecule has 1 aliphatic carbocycles. The minimum atomic E-state index is 0.225. The summed E-state index contributed by atoms with van der Waals surface area (Å²) in [4.78, 5) is 21.1. The second-order valence-corrected chi connectivity index (χ2v) is 6.55. The van der Waals surface area contributed by atoms with Crippen LogP contribution < -0.4 is 10.6 Å². The number of nitrogens with one attached hydrogen (secondary N) is 2. The Hall–Kier alpha value is -1.59. The van der Waals surface area contributed by atoms with E-state index in [1.807, 2.05) is 0 Å². The molecule has 0 bridgehead atoms. The molecule has 0 aromatic rings. The van der Waals surface area contributed by atoms with Gasteiger partial charge in [0.25, 0.3) is 0 Å². The van der Waals surface area contributed by atoms with Crippen molar-refractivity contribution in [1.29, 1.82) is 0 Å². The van der Waals surface area contributed by atoms with Gasteiger partial charge in [-0.15, -0.1) is 0 Å². The molecule has 3 aliphatic rings. The largest absolute Gasteiger partial charge is 0.411 e. The fourth-order valence-electron chi connectivity index (χ4n) is 2.87. The molecule has 138 valence electrons. The second kappa shape index (κ2) is 13.8. The molecule has 0 spiro atoms. The summed E-state index contributed by atoms with van der Waals surface area (Å²) in [5, 5.41) is 17.1. The van der Waals surface area contributed by atoms with Crippen LogP contribution >= 0.6 is 0 Å². The number of amides is 2. The van der Waals surface area contributed by atoms with Crippen LogP contribution in [-0.4, -0.2) is 35.8 Å². The van der Waals surface area contributed by atoms with Gasteiger partial charge in [-0.2, -0.15) is 0 Å². The van der Waals surface area contributed by atoms with E-state index in [4.69, 9.17) is 5.21 Å². The van der Waals surface area contributed by atoms with Crippen molar-refractivity contribution in [3.05, 3.63) is 0 Å². The van der Waals surface area contributed by atoms with E-state index in [-0.39, 0.29) is 11.8 Å². The molecule has 6 heteroatoms. The number of oxime groups is 1. The molecule has 3 fully saturated rings. The summed E-state index contributed by atoms with van der Waals surface area (Å²) < 4.78 is 0. The van der Waals surface area contributed by atoms with Crippen molar-refractivity contribution in [2.24, 2.45) is 5.16 Å². The highest BCUT2D eigenvalue weighted by molar-refractivity contribution is 5.84. The molecule has 0 atom stereocenters. The van der Waals surface area contributed by atoms with Crippen molar-refractivity contribution in [2.75, 3.05) is 13.1 Å². The molecule has 3 N–H and O–H groups in total. The molecular weight excluding hydrogens is 306 g/mol. The zero-order chi connectivity index (χ0) is 17.5. The van der Waals surface area contributed by atoms with Crippen molar-refractivity contribution in [3.8, 4) is 0 Å². The molecule has 2 heterocycles. The quantitative estimate of drug-likeness (QED) is 0.468. The summed E-state index contributed by atoms with van der Waals surface area (Å²) in [5.74, 6) is 0.449. The van der Waals surface area contributed by atoms with E-state index < -0.39 is 0 Å². The molecule has 6 nitrogen and oxygen atoms in total. The highest BCUT2D eigenvalue weighted by Crippen LogP contribution is 2.13. The van der Waals surface area contributed by atoms with Crippen molar-refractivity contribution >= 4 is 17.5 Å². The molecule has 1 saturated carbocycles. The first-order valence-electron chi connectivity index (χ1n) is 9.45. The van der Waals surface area contributed by atoms with Crippen molar-refractivity contribution in [3.63, 3.8) is 0 Å². The summed E-state index contributed by atoms with van der Waals surface area (Å²) in [7, 11) is 0. The summed E-state index contributed by atoms with van der Waals surface area (Å²) in [5.41, 5.74) is 0.983. The normalized spacial score (nSPS) is 21.4. The van der Waals surface area contributed by atoms with Gasteiger partial charge in [-0.25, -0.2) is 0 Å². The van der Waals surface area contributed by atoms with Gasteiger partial charge in [0, 0.05) is 25.9 Å². The van der Waals surface area contributed by atoms with E-state index in [0.29, 0.717) is 0 Å². The molecule has 3 rings (SSSR count). The fourth-order valence-corrected chi connectivity index (χ4v) is 2.87. The molecule has 0 radical (unpaired) electrons. The Morgan fingerprint density at radius 1 is 0.625 bits per heavy atom. The first-order chi connectivity index (χ1) is 11.7. The lowest BCUT2D eigenvalue weighted by atomic mass is 9.99. The lowest BCUT2D eigenvalue weighted by Gasteiger charge is -2.08. The predicted molar refractivity (Wildman–Crippen MR) is 95.3 cm³/mol. The third kappa shape index (κ3) is 11.0. The maximum Gasteiger partial charge on any atom is 0.219 e. The van der Waals surface area contributed by atoms with Gasteiger partial charge < -0.3 is 15.8 Å². The number of hydrogen-bond acceptors (Lipinski definition) is 4. The summed E-state index contributed by atoms with van der Waals surface area (Å²) in [6.07, 6.45) is 14.1. The van der Waals surface area contributed by atoms with Crippen LogP contribution in [0.1, 0.15) is 83.5 Å². The Morgan fingerprint density at radius 3 is 1.46 bits per heavy atom. The lowest BCUT2D eigenvalue weighted by molar-refractivity contribution is -0.121. The Morgan fingerprint density at radius 2 is 1.04 bits per heavy atom. The SMILES string of the molecule is O=C1CCCCCN1.O=C1CCCCCN1.ON=C1CCCCC1. The van der Waals surface area contributed by atoms with Crippen LogP contribution in [0, 0.1) is 0 Å². The van der Waals surface area contributed by atoms with Crippen LogP contribution in [0.25, 0.3) is 0 Å². The van der Waals surface area contributed by atoms with Crippen molar-refractivity contribution in [1.82, 2.24) is 10.6 Å². The Labute approximate surface area is 145 Å². The van der Waals surface area contributed by atoms with E-state index in [0.717, 1.165) is 70.2 Å². The lowest BCUT2D eigenvalue weighted by Crippen LogP contribution is -2.21. The van der Waals surface area contributed by atoms with Gasteiger partial charge in [-0.1, -0.05) is 24.4 Å². The standard InChI is InChI=1S/3C6H11NO/c2*8-6-4-2-1-3-5-7-6;8-7-6-4-2-1-3-5-6/h2*1-5H2,(H,7,8);8H,1-5H2. The van der Waals surface area contributed by atoms with Gasteiger partial charge in [0.15, 0.2) is 0 Å². The van der Waals surface area contributed by atoms with Crippen LogP contribution in [0.4, 0.5) is 0 Å². The van der Waals surface area contributed by atoms with Gasteiger partial charge in [-0.05, 0) is 51.4 Å². The number of carbonyl (C=O) groups excluding carboxylic acids is 2. The van der Waals surface area contributed by atoms with Gasteiger partial charge >= 0.3 is 0 Å². The average molecular weight is 339 g/mol. The molecule has 2 amide bonds. The zero-order valence-electron chi connectivity index (χ0n) is 14.8. The van der Waals surface area contributed by atoms with E-state index in [1.165, 1.54) is 32.1 Å². The fraction of sp³-hybridized carbons (Fsp3) is 0.833. The molecular formula is C18H33N3O3. The highest BCUT2D eigenvalue weighted by Gasteiger charge is 2.05. The van der Waals surface area contributed by atoms with Crippen LogP contribution in [0.5, 0.6) is 0 Å². The monoisotopic (exact) mass is 339 g/mol. The maximum atomic E-state index is 10.6. The third-order valence-electron chi connectivity index (χ3n) is 4.38. The Balaban J connectivity index is 0.000000180. The molecule has 0 aromatic heterocycles. The van der Waals surface area contributed by atoms with Gasteiger partial charge in [0.2, 0.25) is 11.8 Å². The Bertz CT molecular complexity index is 345. The van der Waals surface area contributed by atoms with Crippen LogP contribution in [0.15, 0.2) is 5.16 Å². The summed E-state index contributed by atoms with van der Waals surface area (Å²) in [6, 6.07) is 0. The first-order valence-corrected chi connectivity index (χ1v) is 9.45. The molecule has 2 saturated heterocycles. The third-order valence-corrected chi connectivity index (χ3v) is 4.38. The number of rotatable bonds is 0. The first kappa shape index (κ1) is 20.5. The topological polar surface area (TPSA) is 90.8 Å². The van der Waals surface area contributed by atoms with Crippen LogP contribution in [0.2, 0.25) is 0 Å². The summed E-state index contributed by atoms with van der Waals surface area (Å²) in [6.45, 7) is 1.78. The zero-order valence-corrected chi connectivity index (χ0v) is 14.8. The molecule has 0 unspecified atom stereocenters. The van der Waals surface area contributed by atoms with Crippen molar-refractivity contribution < 1.29 is 14.8 Å². The minimum absolute atomic E-state index is 0.225. The Kier molecular flexibility index (Phi) is 11.8. The summed E-state index contributed by atoms with van der Waals surface area (Å²) >= 11 is 0. The molecule has 2 aliphatic heterocycles. The minimum Gasteiger partial charge on any atom is -0.411 e. The molecule has 24 heavy (non-hydrogen) atoms. The maximum absolute atomic E-state index is 10.6. The van der Waals surface area contributed by atoms with E-state index >= 15 is 0 Å². The number of nitrogens with zero attached hydrogens (tertiary/aromatic N) is 1. The number of hydrogen-bond donors (Lipinski definition) is 3. The van der Waals surface area contributed by atoms with Gasteiger partial charge in [-0.3, -0.25) is 9.59 Å². The highest BCUT2D eigenvalue weighted by atomic mass is 16.4. The predicted octanol–water partition coefficient (Wildman–Crippen LogP) is 3.13. The van der Waals surface area contributed by atoms with E-state index in [2.05, 4.69) is 15.8 Å². The van der Waals surface area contributed by atoms with Gasteiger partial charge in [0.1, 0.15) is 0 Å². The smallest absolute Gasteiger partial charge is 0.219 e. The van der Waals surface area contributed by atoms with Crippen molar-refractivity contribution in [2.45, 2.75) is 83.5 Å². The number of carbonyl (C=O) groups is 2. The van der Waals surface area contributed by atoms with Crippen LogP contribution in [0.3, 0.4) is 0 Å². The van der Waals surface area contributed by atoms with E-state index in [1.54, 1.807) is 0 Å². The van der Waals surface area contributed by atoms with Gasteiger partial charge in [0.05, 0.1) is 5.71 Å². The van der Waals surface area contributed by atoms with E-state index in [9.17, 15) is 9.59 Å².